The summed E-state index contributed by atoms with van der Waals surface area (Å²) in [5.74, 6) is 1.84. The molecule has 8 heteroatoms. The summed E-state index contributed by atoms with van der Waals surface area (Å²) in [5.41, 5.74) is 1.11. The number of hydrogen-bond donors (Lipinski definition) is 1. The van der Waals surface area contributed by atoms with Crippen molar-refractivity contribution in [2.75, 3.05) is 53.6 Å². The van der Waals surface area contributed by atoms with Gasteiger partial charge in [0.2, 0.25) is 0 Å². The second kappa shape index (κ2) is 10.7. The van der Waals surface area contributed by atoms with Crippen molar-refractivity contribution in [1.29, 1.82) is 0 Å². The van der Waals surface area contributed by atoms with Crippen LogP contribution in [-0.2, 0) is 11.3 Å². The molecule has 2 heterocycles. The van der Waals surface area contributed by atoms with Gasteiger partial charge < -0.3 is 19.7 Å². The monoisotopic (exact) mass is 538 g/mol. The Morgan fingerprint density at radius 1 is 1.35 bits per heavy atom. The summed E-state index contributed by atoms with van der Waals surface area (Å²) in [6.45, 7) is 6.54. The topological polar surface area (TPSA) is 49.3 Å². The van der Waals surface area contributed by atoms with Gasteiger partial charge in [0.25, 0.3) is 0 Å². The highest BCUT2D eigenvalue weighted by Gasteiger charge is 2.30. The number of nitrogens with zero attached hydrogens (tertiary/aromatic N) is 3. The van der Waals surface area contributed by atoms with Crippen molar-refractivity contribution in [3.63, 3.8) is 0 Å². The van der Waals surface area contributed by atoms with Crippen molar-refractivity contribution in [2.24, 2.45) is 4.99 Å². The Hall–Kier alpha value is -0.580. The average molecular weight is 539 g/mol. The zero-order chi connectivity index (χ0) is 17.6. The molecule has 0 bridgehead atoms. The number of likely N-dealkylation sites (tertiary alicyclic amines) is 1. The molecule has 6 nitrogen and oxygen atoms in total. The largest absolute Gasteiger partial charge is 0.496 e. The smallest absolute Gasteiger partial charge is 0.193 e. The van der Waals surface area contributed by atoms with E-state index in [9.17, 15) is 0 Å². The number of rotatable bonds is 4. The van der Waals surface area contributed by atoms with Gasteiger partial charge in [-0.15, -0.1) is 24.0 Å². The van der Waals surface area contributed by atoms with Crippen LogP contribution in [0.15, 0.2) is 27.7 Å². The molecule has 2 saturated heterocycles. The van der Waals surface area contributed by atoms with Gasteiger partial charge in [0.15, 0.2) is 5.96 Å². The summed E-state index contributed by atoms with van der Waals surface area (Å²) >= 11 is 3.53. The van der Waals surface area contributed by atoms with Crippen molar-refractivity contribution in [2.45, 2.75) is 19.0 Å². The van der Waals surface area contributed by atoms with Crippen LogP contribution in [-0.4, -0.2) is 75.4 Å². The van der Waals surface area contributed by atoms with Crippen LogP contribution in [0.5, 0.6) is 5.75 Å². The quantitative estimate of drug-likeness (QED) is 0.363. The maximum Gasteiger partial charge on any atom is 0.193 e. The maximum atomic E-state index is 5.47. The van der Waals surface area contributed by atoms with Gasteiger partial charge in [-0.2, -0.15) is 0 Å². The highest BCUT2D eigenvalue weighted by Crippen LogP contribution is 2.23. The zero-order valence-corrected chi connectivity index (χ0v) is 19.3. The lowest BCUT2D eigenvalue weighted by Gasteiger charge is -2.32. The number of ether oxygens (including phenoxy) is 2. The first-order valence-electron chi connectivity index (χ1n) is 8.81. The first kappa shape index (κ1) is 21.7. The van der Waals surface area contributed by atoms with Crippen LogP contribution in [0.25, 0.3) is 0 Å². The van der Waals surface area contributed by atoms with E-state index in [0.717, 1.165) is 61.1 Å². The SMILES string of the molecule is CN=C(NCc1cc(Br)ccc1OC)N1CCC(N2CCOCC2)C1.I. The van der Waals surface area contributed by atoms with E-state index in [4.69, 9.17) is 9.47 Å². The number of guanidine groups is 1. The molecule has 1 N–H and O–H groups in total. The van der Waals surface area contributed by atoms with E-state index in [1.165, 1.54) is 6.42 Å². The van der Waals surface area contributed by atoms with Crippen molar-refractivity contribution >= 4 is 45.9 Å². The summed E-state index contributed by atoms with van der Waals surface area (Å²) < 4.78 is 12.0. The van der Waals surface area contributed by atoms with Crippen LogP contribution in [0.3, 0.4) is 0 Å². The van der Waals surface area contributed by atoms with Gasteiger partial charge in [-0.25, -0.2) is 0 Å². The second-order valence-corrected chi connectivity index (χ2v) is 7.31. The van der Waals surface area contributed by atoms with Crippen molar-refractivity contribution in [3.8, 4) is 5.75 Å². The standard InChI is InChI=1S/C18H27BrN4O2.HI/c1-20-18(21-12-14-11-15(19)3-4-17(14)24-2)23-6-5-16(13-23)22-7-9-25-10-8-22;/h3-4,11,16H,5-10,12-13H2,1-2H3,(H,20,21);1H. The third kappa shape index (κ3) is 5.46. The fourth-order valence-electron chi connectivity index (χ4n) is 3.57. The van der Waals surface area contributed by atoms with Gasteiger partial charge >= 0.3 is 0 Å². The average Bonchev–Trinajstić information content (AvgIpc) is 3.13. The first-order chi connectivity index (χ1) is 12.2. The van der Waals surface area contributed by atoms with E-state index in [1.54, 1.807) is 7.11 Å². The van der Waals surface area contributed by atoms with E-state index in [0.29, 0.717) is 12.6 Å². The zero-order valence-electron chi connectivity index (χ0n) is 15.4. The Kier molecular flexibility index (Phi) is 8.92. The molecule has 0 aliphatic carbocycles. The highest BCUT2D eigenvalue weighted by molar-refractivity contribution is 14.0. The van der Waals surface area contributed by atoms with Gasteiger partial charge in [-0.05, 0) is 24.6 Å². The van der Waals surface area contributed by atoms with Crippen molar-refractivity contribution in [3.05, 3.63) is 28.2 Å². The maximum absolute atomic E-state index is 5.47. The molecule has 1 unspecified atom stereocenters. The molecule has 0 saturated carbocycles. The second-order valence-electron chi connectivity index (χ2n) is 6.39. The molecule has 0 amide bonds. The van der Waals surface area contributed by atoms with E-state index >= 15 is 0 Å². The highest BCUT2D eigenvalue weighted by atomic mass is 127. The number of morpholine rings is 1. The van der Waals surface area contributed by atoms with Crippen LogP contribution < -0.4 is 10.1 Å². The molecule has 1 atom stereocenters. The number of methoxy groups -OCH3 is 1. The molecular formula is C18H28BrIN4O2. The van der Waals surface area contributed by atoms with Gasteiger partial charge in [0, 0.05) is 55.8 Å². The van der Waals surface area contributed by atoms with Gasteiger partial charge in [-0.3, -0.25) is 9.89 Å². The Morgan fingerprint density at radius 2 is 2.12 bits per heavy atom. The lowest BCUT2D eigenvalue weighted by atomic mass is 10.2. The van der Waals surface area contributed by atoms with Gasteiger partial charge in [0.05, 0.1) is 20.3 Å². The van der Waals surface area contributed by atoms with Gasteiger partial charge in [0.1, 0.15) is 5.75 Å². The Labute approximate surface area is 181 Å². The van der Waals surface area contributed by atoms with E-state index < -0.39 is 0 Å². The first-order valence-corrected chi connectivity index (χ1v) is 9.60. The van der Waals surface area contributed by atoms with Gasteiger partial charge in [-0.1, -0.05) is 15.9 Å². The van der Waals surface area contributed by atoms with Crippen LogP contribution in [0.2, 0.25) is 0 Å². The fraction of sp³-hybridized carbons (Fsp3) is 0.611. The van der Waals surface area contributed by atoms with Crippen molar-refractivity contribution in [1.82, 2.24) is 15.1 Å². The minimum absolute atomic E-state index is 0. The molecule has 2 aliphatic rings. The molecule has 1 aromatic rings. The third-order valence-corrected chi connectivity index (χ3v) is 5.41. The minimum Gasteiger partial charge on any atom is -0.496 e. The summed E-state index contributed by atoms with van der Waals surface area (Å²) in [4.78, 5) is 9.38. The Morgan fingerprint density at radius 3 is 2.81 bits per heavy atom. The predicted molar refractivity (Wildman–Crippen MR) is 119 cm³/mol. The van der Waals surface area contributed by atoms with Crippen LogP contribution >= 0.6 is 39.9 Å². The molecular weight excluding hydrogens is 511 g/mol. The number of halogens is 2. The normalized spacial score (nSPS) is 21.4. The molecule has 0 radical (unpaired) electrons. The third-order valence-electron chi connectivity index (χ3n) is 4.92. The lowest BCUT2D eigenvalue weighted by Crippen LogP contribution is -2.46. The van der Waals surface area contributed by atoms with Crippen LogP contribution in [0.4, 0.5) is 0 Å². The molecule has 0 spiro atoms. The van der Waals surface area contributed by atoms with E-state index in [2.05, 4.69) is 42.1 Å². The molecule has 2 fully saturated rings. The number of benzene rings is 1. The van der Waals surface area contributed by atoms with Crippen molar-refractivity contribution < 1.29 is 9.47 Å². The Bertz CT molecular complexity index is 611. The number of aliphatic imine (C=N–C) groups is 1. The lowest BCUT2D eigenvalue weighted by molar-refractivity contribution is 0.0195. The fourth-order valence-corrected chi connectivity index (χ4v) is 3.98. The summed E-state index contributed by atoms with van der Waals surface area (Å²) in [7, 11) is 3.55. The summed E-state index contributed by atoms with van der Waals surface area (Å²) in [6.07, 6.45) is 1.18. The van der Waals surface area contributed by atoms with E-state index in [-0.39, 0.29) is 24.0 Å². The number of hydrogen-bond acceptors (Lipinski definition) is 4. The molecule has 2 aliphatic heterocycles. The summed E-state index contributed by atoms with van der Waals surface area (Å²) in [5, 5.41) is 3.48. The Balaban J connectivity index is 0.00000243. The van der Waals surface area contributed by atoms with Crippen LogP contribution in [0.1, 0.15) is 12.0 Å². The predicted octanol–water partition coefficient (Wildman–Crippen LogP) is 2.56. The molecule has 26 heavy (non-hydrogen) atoms. The minimum atomic E-state index is 0. The van der Waals surface area contributed by atoms with E-state index in [1.807, 2.05) is 19.2 Å². The molecule has 0 aromatic heterocycles. The number of nitrogens with one attached hydrogen (secondary N) is 1. The molecule has 1 aromatic carbocycles. The molecule has 146 valence electrons. The summed E-state index contributed by atoms with van der Waals surface area (Å²) in [6, 6.07) is 6.65. The molecule has 3 rings (SSSR count). The van der Waals surface area contributed by atoms with Crippen LogP contribution in [0, 0.1) is 0 Å².